The van der Waals surface area contributed by atoms with Gasteiger partial charge in [0.1, 0.15) is 12.4 Å². The molecule has 4 rings (SSSR count). The Labute approximate surface area is 216 Å². The molecular weight excluding hydrogens is 448 g/mol. The lowest BCUT2D eigenvalue weighted by Crippen LogP contribution is -2.50. The Balaban J connectivity index is 1.44. The number of nitrogens with one attached hydrogen (secondary N) is 1. The monoisotopic (exact) mass is 492 g/mol. The van der Waals surface area contributed by atoms with Crippen molar-refractivity contribution in [1.82, 2.24) is 19.8 Å². The van der Waals surface area contributed by atoms with E-state index in [2.05, 4.69) is 27.4 Å². The molecule has 2 aromatic rings. The summed E-state index contributed by atoms with van der Waals surface area (Å²) in [5.41, 5.74) is 2.57. The fourth-order valence-corrected chi connectivity index (χ4v) is 6.07. The zero-order valence-corrected chi connectivity index (χ0v) is 22.1. The van der Waals surface area contributed by atoms with Gasteiger partial charge in [0.25, 0.3) is 0 Å². The molecule has 196 valence electrons. The van der Waals surface area contributed by atoms with Gasteiger partial charge in [0, 0.05) is 30.6 Å². The first-order chi connectivity index (χ1) is 17.5. The normalized spacial score (nSPS) is 17.2. The molecule has 0 radical (unpaired) electrons. The highest BCUT2D eigenvalue weighted by Gasteiger charge is 2.32. The van der Waals surface area contributed by atoms with Crippen molar-refractivity contribution in [3.63, 3.8) is 0 Å². The van der Waals surface area contributed by atoms with Crippen LogP contribution in [0, 0.1) is 0 Å². The first-order valence-electron chi connectivity index (χ1n) is 14.2. The first-order valence-corrected chi connectivity index (χ1v) is 14.2. The summed E-state index contributed by atoms with van der Waals surface area (Å²) >= 11 is 0. The highest BCUT2D eigenvalue weighted by Crippen LogP contribution is 2.31. The molecular formula is C30H44N4O2. The third-order valence-corrected chi connectivity index (χ3v) is 8.00. The number of imidazole rings is 1. The van der Waals surface area contributed by atoms with E-state index >= 15 is 0 Å². The lowest BCUT2D eigenvalue weighted by molar-refractivity contribution is -0.138. The first kappa shape index (κ1) is 26.4. The number of para-hydroxylation sites is 2. The molecule has 2 aliphatic rings. The van der Waals surface area contributed by atoms with Crippen molar-refractivity contribution in [1.29, 1.82) is 0 Å². The highest BCUT2D eigenvalue weighted by molar-refractivity contribution is 5.92. The van der Waals surface area contributed by atoms with E-state index in [9.17, 15) is 9.59 Å². The average Bonchev–Trinajstić information content (AvgIpc) is 3.24. The van der Waals surface area contributed by atoms with E-state index in [1.54, 1.807) is 6.92 Å². The predicted octanol–water partition coefficient (Wildman–Crippen LogP) is 5.94. The number of nitrogens with zero attached hydrogens (tertiary/aromatic N) is 3. The van der Waals surface area contributed by atoms with Crippen molar-refractivity contribution in [2.45, 2.75) is 115 Å². The lowest BCUT2D eigenvalue weighted by Gasteiger charge is -2.42. The van der Waals surface area contributed by atoms with E-state index in [0.717, 1.165) is 68.2 Å². The van der Waals surface area contributed by atoms with Crippen LogP contribution in [0.2, 0.25) is 0 Å². The minimum absolute atomic E-state index is 0.0733. The van der Waals surface area contributed by atoms with Crippen LogP contribution in [-0.2, 0) is 22.6 Å². The van der Waals surface area contributed by atoms with Crippen LogP contribution in [0.4, 0.5) is 0 Å². The number of unbranched alkanes of at least 4 members (excludes halogenated alkanes) is 2. The third-order valence-electron chi connectivity index (χ3n) is 8.00. The Hall–Kier alpha value is -2.63. The molecule has 6 nitrogen and oxygen atoms in total. The number of aromatic nitrogens is 2. The zero-order chi connectivity index (χ0) is 25.3. The molecule has 2 aliphatic carbocycles. The van der Waals surface area contributed by atoms with Gasteiger partial charge in [-0.05, 0) is 57.6 Å². The maximum Gasteiger partial charge on any atom is 0.246 e. The average molecular weight is 493 g/mol. The summed E-state index contributed by atoms with van der Waals surface area (Å²) in [6.45, 7) is 6.46. The van der Waals surface area contributed by atoms with Crippen molar-refractivity contribution in [3.05, 3.63) is 42.2 Å². The van der Waals surface area contributed by atoms with Crippen LogP contribution in [0.25, 0.3) is 11.0 Å². The highest BCUT2D eigenvalue weighted by atomic mass is 16.2. The van der Waals surface area contributed by atoms with Crippen molar-refractivity contribution in [2.75, 3.05) is 6.54 Å². The molecule has 1 N–H and O–H groups in total. The van der Waals surface area contributed by atoms with Gasteiger partial charge in [-0.2, -0.15) is 0 Å². The molecule has 0 spiro atoms. The molecule has 6 heteroatoms. The number of fused-ring (bicyclic) bond motifs is 1. The molecule has 0 atom stereocenters. The molecule has 0 saturated heterocycles. The number of hydrogen-bond acceptors (Lipinski definition) is 3. The summed E-state index contributed by atoms with van der Waals surface area (Å²) in [5.74, 6) is 1.21. The van der Waals surface area contributed by atoms with Crippen LogP contribution in [-0.4, -0.2) is 44.9 Å². The smallest absolute Gasteiger partial charge is 0.246 e. The Morgan fingerprint density at radius 3 is 2.25 bits per heavy atom. The van der Waals surface area contributed by atoms with Crippen LogP contribution in [0.1, 0.15) is 96.2 Å². The van der Waals surface area contributed by atoms with Gasteiger partial charge >= 0.3 is 0 Å². The van der Waals surface area contributed by atoms with E-state index in [4.69, 9.17) is 4.98 Å². The number of benzene rings is 1. The van der Waals surface area contributed by atoms with Gasteiger partial charge in [-0.3, -0.25) is 9.59 Å². The summed E-state index contributed by atoms with van der Waals surface area (Å²) in [5, 5.41) is 2.90. The third kappa shape index (κ3) is 6.77. The number of aryl methyl sites for hydroxylation is 1. The van der Waals surface area contributed by atoms with Crippen molar-refractivity contribution in [3.8, 4) is 0 Å². The zero-order valence-electron chi connectivity index (χ0n) is 22.1. The van der Waals surface area contributed by atoms with Crippen LogP contribution in [0.15, 0.2) is 36.4 Å². The number of carbonyl (C=O) groups excluding carboxylic acids is 2. The summed E-state index contributed by atoms with van der Waals surface area (Å²) < 4.78 is 2.18. The van der Waals surface area contributed by atoms with Crippen LogP contribution in [0.5, 0.6) is 0 Å². The van der Waals surface area contributed by atoms with E-state index in [1.165, 1.54) is 38.5 Å². The Bertz CT molecular complexity index is 1010. The minimum atomic E-state index is -0.0733. The largest absolute Gasteiger partial charge is 0.352 e. The molecule has 0 aliphatic heterocycles. The second-order valence-corrected chi connectivity index (χ2v) is 10.8. The van der Waals surface area contributed by atoms with Gasteiger partial charge in [-0.15, -0.1) is 0 Å². The molecule has 2 fully saturated rings. The maximum absolute atomic E-state index is 14.0. The summed E-state index contributed by atoms with van der Waals surface area (Å²) in [6, 6.07) is 9.01. The topological polar surface area (TPSA) is 67.2 Å². The van der Waals surface area contributed by atoms with Crippen molar-refractivity contribution >= 4 is 22.8 Å². The Morgan fingerprint density at radius 1 is 0.972 bits per heavy atom. The molecule has 2 amide bonds. The quantitative estimate of drug-likeness (QED) is 0.312. The van der Waals surface area contributed by atoms with Crippen molar-refractivity contribution < 1.29 is 9.59 Å². The Morgan fingerprint density at radius 2 is 1.61 bits per heavy atom. The number of hydrogen-bond donors (Lipinski definition) is 1. The molecule has 0 unspecified atom stereocenters. The van der Waals surface area contributed by atoms with Gasteiger partial charge in [-0.25, -0.2) is 4.98 Å². The lowest BCUT2D eigenvalue weighted by atomic mass is 9.88. The van der Waals surface area contributed by atoms with Crippen LogP contribution in [0.3, 0.4) is 0 Å². The van der Waals surface area contributed by atoms with E-state index in [1.807, 2.05) is 18.2 Å². The fraction of sp³-hybridized carbons (Fsp3) is 0.633. The maximum atomic E-state index is 14.0. The van der Waals surface area contributed by atoms with Gasteiger partial charge in [0.15, 0.2) is 0 Å². The van der Waals surface area contributed by atoms with E-state index < -0.39 is 0 Å². The van der Waals surface area contributed by atoms with Crippen LogP contribution >= 0.6 is 0 Å². The summed E-state index contributed by atoms with van der Waals surface area (Å²) in [4.78, 5) is 32.9. The van der Waals surface area contributed by atoms with Crippen LogP contribution < -0.4 is 5.32 Å². The molecule has 1 aromatic carbocycles. The summed E-state index contributed by atoms with van der Waals surface area (Å²) in [7, 11) is 0. The fourth-order valence-electron chi connectivity index (χ4n) is 6.07. The van der Waals surface area contributed by atoms with Gasteiger partial charge in [0.2, 0.25) is 11.8 Å². The second-order valence-electron chi connectivity index (χ2n) is 10.8. The van der Waals surface area contributed by atoms with E-state index in [0.29, 0.717) is 30.7 Å². The SMILES string of the molecule is C=C(C)C(=O)NCCCCCc1nc2ccccc2n1CC(=O)N(C1CCCCC1)C1CCCCC1. The number of rotatable bonds is 11. The standard InChI is InChI=1S/C30H44N4O2/c1-23(2)30(36)31-21-13-5-10-20-28-32-26-18-11-12-19-27(26)33(28)22-29(35)34(24-14-6-3-7-15-24)25-16-8-4-9-17-25/h11-12,18-19,24-25H,1,3-10,13-17,20-22H2,2H3,(H,31,36). The molecule has 2 saturated carbocycles. The number of carbonyl (C=O) groups is 2. The number of amides is 2. The summed E-state index contributed by atoms with van der Waals surface area (Å²) in [6.07, 6.45) is 15.9. The molecule has 0 bridgehead atoms. The Kier molecular flexibility index (Phi) is 9.60. The minimum Gasteiger partial charge on any atom is -0.352 e. The van der Waals surface area contributed by atoms with Gasteiger partial charge < -0.3 is 14.8 Å². The molecule has 36 heavy (non-hydrogen) atoms. The van der Waals surface area contributed by atoms with E-state index in [-0.39, 0.29) is 11.8 Å². The van der Waals surface area contributed by atoms with Crippen molar-refractivity contribution in [2.24, 2.45) is 0 Å². The molecule has 1 aromatic heterocycles. The second kappa shape index (κ2) is 13.1. The van der Waals surface area contributed by atoms with Gasteiger partial charge in [-0.1, -0.05) is 63.7 Å². The molecule has 1 heterocycles. The predicted molar refractivity (Wildman–Crippen MR) is 146 cm³/mol. The van der Waals surface area contributed by atoms with Gasteiger partial charge in [0.05, 0.1) is 11.0 Å².